The maximum absolute atomic E-state index is 12.7. The van der Waals surface area contributed by atoms with Crippen molar-refractivity contribution < 1.29 is 14.3 Å². The molecule has 134 valence electrons. The number of aromatic nitrogens is 1. The molecule has 5 heteroatoms. The second kappa shape index (κ2) is 8.47. The predicted molar refractivity (Wildman–Crippen MR) is 94.7 cm³/mol. The van der Waals surface area contributed by atoms with Crippen molar-refractivity contribution in [2.24, 2.45) is 0 Å². The van der Waals surface area contributed by atoms with Gasteiger partial charge in [-0.05, 0) is 46.2 Å². The molecule has 0 radical (unpaired) electrons. The van der Waals surface area contributed by atoms with Gasteiger partial charge in [0.1, 0.15) is 0 Å². The first-order chi connectivity index (χ1) is 11.5. The van der Waals surface area contributed by atoms with E-state index in [4.69, 9.17) is 4.74 Å². The molecule has 0 unspecified atom stereocenters. The summed E-state index contributed by atoms with van der Waals surface area (Å²) >= 11 is 0. The first-order valence-electron chi connectivity index (χ1n) is 9.05. The molecule has 1 aromatic rings. The quantitative estimate of drug-likeness (QED) is 0.490. The van der Waals surface area contributed by atoms with Crippen molar-refractivity contribution in [3.63, 3.8) is 0 Å². The highest BCUT2D eigenvalue weighted by Gasteiger charge is 2.25. The molecule has 0 saturated heterocycles. The van der Waals surface area contributed by atoms with Crippen molar-refractivity contribution in [1.82, 2.24) is 9.88 Å². The van der Waals surface area contributed by atoms with E-state index in [-0.39, 0.29) is 11.8 Å². The van der Waals surface area contributed by atoms with Crippen molar-refractivity contribution >= 4 is 11.8 Å². The van der Waals surface area contributed by atoms with E-state index in [0.717, 1.165) is 0 Å². The molecule has 1 aliphatic rings. The topological polar surface area (TPSA) is 62.4 Å². The Morgan fingerprint density at radius 2 is 1.79 bits per heavy atom. The number of H-pyrrole nitrogens is 1. The van der Waals surface area contributed by atoms with Crippen LogP contribution in [0.5, 0.6) is 0 Å². The Morgan fingerprint density at radius 1 is 1.17 bits per heavy atom. The van der Waals surface area contributed by atoms with Crippen LogP contribution in [0.3, 0.4) is 0 Å². The number of nitrogens with one attached hydrogen (secondary N) is 1. The lowest BCUT2D eigenvalue weighted by molar-refractivity contribution is 0.0525. The third-order valence-electron chi connectivity index (χ3n) is 5.04. The SMILES string of the molecule is CCOC(=O)c1c(C)[nH]c(C(=O)CN(C)C2CCCCCC2)c1C. The van der Waals surface area contributed by atoms with E-state index < -0.39 is 0 Å². The highest BCUT2D eigenvalue weighted by Crippen LogP contribution is 2.23. The Morgan fingerprint density at radius 3 is 2.38 bits per heavy atom. The van der Waals surface area contributed by atoms with Gasteiger partial charge in [-0.1, -0.05) is 25.7 Å². The standard InChI is InChI=1S/C19H30N2O3/c1-5-24-19(23)17-13(2)18(20-14(17)3)16(22)12-21(4)15-10-8-6-7-9-11-15/h15,20H,5-12H2,1-4H3. The molecule has 0 aliphatic heterocycles. The lowest BCUT2D eigenvalue weighted by Gasteiger charge is -2.26. The second-order valence-corrected chi connectivity index (χ2v) is 6.83. The van der Waals surface area contributed by atoms with E-state index in [2.05, 4.69) is 9.88 Å². The highest BCUT2D eigenvalue weighted by molar-refractivity contribution is 6.02. The van der Waals surface area contributed by atoms with Crippen molar-refractivity contribution in [1.29, 1.82) is 0 Å². The minimum atomic E-state index is -0.361. The Hall–Kier alpha value is -1.62. The molecule has 2 rings (SSSR count). The average Bonchev–Trinajstić information content (AvgIpc) is 2.71. The number of esters is 1. The molecule has 0 spiro atoms. The van der Waals surface area contributed by atoms with Gasteiger partial charge < -0.3 is 9.72 Å². The molecule has 1 aliphatic carbocycles. The fourth-order valence-corrected chi connectivity index (χ4v) is 3.67. The number of likely N-dealkylation sites (N-methyl/N-ethyl adjacent to an activating group) is 1. The van der Waals surface area contributed by atoms with Gasteiger partial charge in [0.2, 0.25) is 0 Å². The molecule has 1 saturated carbocycles. The van der Waals surface area contributed by atoms with Crippen LogP contribution in [0.25, 0.3) is 0 Å². The molecule has 0 aromatic carbocycles. The van der Waals surface area contributed by atoms with Crippen LogP contribution in [-0.2, 0) is 4.74 Å². The average molecular weight is 334 g/mol. The minimum absolute atomic E-state index is 0.0397. The normalized spacial score (nSPS) is 16.2. The number of aromatic amines is 1. The summed E-state index contributed by atoms with van der Waals surface area (Å²) in [6.45, 7) is 6.12. The number of ether oxygens (including phenoxy) is 1. The van der Waals surface area contributed by atoms with Crippen molar-refractivity contribution in [3.05, 3.63) is 22.5 Å². The number of aryl methyl sites for hydroxylation is 1. The van der Waals surface area contributed by atoms with Crippen LogP contribution >= 0.6 is 0 Å². The zero-order valence-electron chi connectivity index (χ0n) is 15.4. The first-order valence-corrected chi connectivity index (χ1v) is 9.05. The smallest absolute Gasteiger partial charge is 0.340 e. The van der Waals surface area contributed by atoms with Crippen LogP contribution in [-0.4, -0.2) is 47.9 Å². The van der Waals surface area contributed by atoms with E-state index in [9.17, 15) is 9.59 Å². The van der Waals surface area contributed by atoms with Crippen molar-refractivity contribution in [2.45, 2.75) is 65.3 Å². The van der Waals surface area contributed by atoms with Crippen LogP contribution in [0.4, 0.5) is 0 Å². The number of hydrogen-bond donors (Lipinski definition) is 1. The van der Waals surface area contributed by atoms with Crippen molar-refractivity contribution in [2.75, 3.05) is 20.2 Å². The van der Waals surface area contributed by atoms with Crippen LogP contribution in [0.1, 0.15) is 77.6 Å². The molecule has 0 amide bonds. The largest absolute Gasteiger partial charge is 0.462 e. The fraction of sp³-hybridized carbons (Fsp3) is 0.684. The number of ketones is 1. The van der Waals surface area contributed by atoms with Crippen LogP contribution < -0.4 is 0 Å². The maximum Gasteiger partial charge on any atom is 0.340 e. The van der Waals surface area contributed by atoms with E-state index in [1.165, 1.54) is 38.5 Å². The van der Waals surface area contributed by atoms with Crippen LogP contribution in [0, 0.1) is 13.8 Å². The summed E-state index contributed by atoms with van der Waals surface area (Å²) in [5, 5.41) is 0. The maximum atomic E-state index is 12.7. The fourth-order valence-electron chi connectivity index (χ4n) is 3.67. The predicted octanol–water partition coefficient (Wildman–Crippen LogP) is 3.65. The van der Waals surface area contributed by atoms with E-state index in [1.807, 2.05) is 20.9 Å². The Bertz CT molecular complexity index is 584. The summed E-state index contributed by atoms with van der Waals surface area (Å²) in [7, 11) is 2.03. The van der Waals surface area contributed by atoms with Gasteiger partial charge in [0, 0.05) is 11.7 Å². The summed E-state index contributed by atoms with van der Waals surface area (Å²) in [5.74, 6) is -0.321. The summed E-state index contributed by atoms with van der Waals surface area (Å²) in [4.78, 5) is 30.1. The van der Waals surface area contributed by atoms with Gasteiger partial charge in [-0.2, -0.15) is 0 Å². The molecular weight excluding hydrogens is 304 g/mol. The molecule has 1 fully saturated rings. The molecule has 0 atom stereocenters. The molecule has 1 N–H and O–H groups in total. The Labute approximate surface area is 144 Å². The monoisotopic (exact) mass is 334 g/mol. The van der Waals surface area contributed by atoms with Gasteiger partial charge in [-0.15, -0.1) is 0 Å². The first kappa shape index (κ1) is 18.7. The van der Waals surface area contributed by atoms with Gasteiger partial charge >= 0.3 is 5.97 Å². The number of nitrogens with zero attached hydrogens (tertiary/aromatic N) is 1. The second-order valence-electron chi connectivity index (χ2n) is 6.83. The molecule has 0 bridgehead atoms. The lowest BCUT2D eigenvalue weighted by Crippen LogP contribution is -2.35. The zero-order valence-corrected chi connectivity index (χ0v) is 15.4. The lowest BCUT2D eigenvalue weighted by atomic mass is 10.1. The van der Waals surface area contributed by atoms with E-state index in [0.29, 0.717) is 41.7 Å². The van der Waals surface area contributed by atoms with Gasteiger partial charge in [0.05, 0.1) is 24.4 Å². The Kier molecular flexibility index (Phi) is 6.60. The molecule has 24 heavy (non-hydrogen) atoms. The molecule has 5 nitrogen and oxygen atoms in total. The van der Waals surface area contributed by atoms with Crippen LogP contribution in [0.15, 0.2) is 0 Å². The summed E-state index contributed by atoms with van der Waals surface area (Å²) in [5.41, 5.74) is 2.44. The summed E-state index contributed by atoms with van der Waals surface area (Å²) in [6.07, 6.45) is 7.43. The van der Waals surface area contributed by atoms with Gasteiger partial charge in [-0.3, -0.25) is 9.69 Å². The van der Waals surface area contributed by atoms with Crippen LogP contribution in [0.2, 0.25) is 0 Å². The minimum Gasteiger partial charge on any atom is -0.462 e. The Balaban J connectivity index is 2.09. The molecule has 1 heterocycles. The van der Waals surface area contributed by atoms with E-state index >= 15 is 0 Å². The number of rotatable bonds is 6. The third kappa shape index (κ3) is 4.26. The third-order valence-corrected chi connectivity index (χ3v) is 5.04. The number of hydrogen-bond acceptors (Lipinski definition) is 4. The van der Waals surface area contributed by atoms with Crippen molar-refractivity contribution in [3.8, 4) is 0 Å². The molecular formula is C19H30N2O3. The number of Topliss-reactive ketones (excluding diaryl/α,β-unsaturated/α-hetero) is 1. The highest BCUT2D eigenvalue weighted by atomic mass is 16.5. The van der Waals surface area contributed by atoms with Gasteiger partial charge in [-0.25, -0.2) is 4.79 Å². The number of carbonyl (C=O) groups excluding carboxylic acids is 2. The zero-order chi connectivity index (χ0) is 17.7. The van der Waals surface area contributed by atoms with Gasteiger partial charge in [0.15, 0.2) is 5.78 Å². The van der Waals surface area contributed by atoms with E-state index in [1.54, 1.807) is 6.92 Å². The summed E-state index contributed by atoms with van der Waals surface area (Å²) in [6, 6.07) is 0.484. The summed E-state index contributed by atoms with van der Waals surface area (Å²) < 4.78 is 5.09. The number of carbonyl (C=O) groups is 2. The van der Waals surface area contributed by atoms with Gasteiger partial charge in [0.25, 0.3) is 0 Å². The molecule has 1 aromatic heterocycles.